The fourth-order valence-corrected chi connectivity index (χ4v) is 3.07. The quantitative estimate of drug-likeness (QED) is 0.711. The summed E-state index contributed by atoms with van der Waals surface area (Å²) < 4.78 is 0. The van der Waals surface area contributed by atoms with Gasteiger partial charge in [-0.2, -0.15) is 0 Å². The molecule has 0 saturated carbocycles. The van der Waals surface area contributed by atoms with Crippen LogP contribution in [0.1, 0.15) is 0 Å². The monoisotopic (exact) mass is 263 g/mol. The molecule has 0 spiro atoms. The maximum absolute atomic E-state index is 4.45. The summed E-state index contributed by atoms with van der Waals surface area (Å²) >= 11 is 3.12. The molecule has 0 bridgehead atoms. The number of imidazole rings is 1. The second-order valence-electron chi connectivity index (χ2n) is 3.24. The highest BCUT2D eigenvalue weighted by Gasteiger charge is 2.10. The number of aromatic amines is 1. The summed E-state index contributed by atoms with van der Waals surface area (Å²) in [5, 5.41) is 7.80. The SMILES string of the molecule is CNc1nc(Sc2ncc[nH]2)c2ccsc2n1. The molecule has 0 atom stereocenters. The molecule has 17 heavy (non-hydrogen) atoms. The van der Waals surface area contributed by atoms with E-state index in [0.717, 1.165) is 20.4 Å². The van der Waals surface area contributed by atoms with Crippen LogP contribution in [0.4, 0.5) is 5.95 Å². The van der Waals surface area contributed by atoms with Crippen LogP contribution >= 0.6 is 23.1 Å². The van der Waals surface area contributed by atoms with Crippen LogP contribution in [0.2, 0.25) is 0 Å². The molecule has 0 fully saturated rings. The fourth-order valence-electron chi connectivity index (χ4n) is 1.42. The maximum atomic E-state index is 4.45. The summed E-state index contributed by atoms with van der Waals surface area (Å²) in [4.78, 5) is 17.1. The maximum Gasteiger partial charge on any atom is 0.224 e. The number of nitrogens with zero attached hydrogens (tertiary/aromatic N) is 3. The molecule has 0 amide bonds. The standard InChI is InChI=1S/C10H9N5S2/c1-11-9-14-7-6(2-5-16-7)8(15-9)17-10-12-3-4-13-10/h2-5H,1H3,(H,12,13)(H,11,14,15). The number of rotatable bonds is 3. The minimum atomic E-state index is 0.633. The van der Waals surface area contributed by atoms with Crippen molar-refractivity contribution in [2.24, 2.45) is 0 Å². The second-order valence-corrected chi connectivity index (χ2v) is 5.11. The number of thiophene rings is 1. The van der Waals surface area contributed by atoms with Gasteiger partial charge >= 0.3 is 0 Å². The molecular weight excluding hydrogens is 254 g/mol. The molecule has 5 nitrogen and oxygen atoms in total. The largest absolute Gasteiger partial charge is 0.357 e. The molecule has 0 aromatic carbocycles. The average molecular weight is 263 g/mol. The Morgan fingerprint density at radius 2 is 2.35 bits per heavy atom. The van der Waals surface area contributed by atoms with Gasteiger partial charge in [0.2, 0.25) is 5.95 Å². The number of hydrogen-bond donors (Lipinski definition) is 2. The van der Waals surface area contributed by atoms with Gasteiger partial charge in [0.15, 0.2) is 5.16 Å². The van der Waals surface area contributed by atoms with Crippen molar-refractivity contribution in [1.82, 2.24) is 19.9 Å². The first-order valence-electron chi connectivity index (χ1n) is 4.97. The fraction of sp³-hybridized carbons (Fsp3) is 0.100. The van der Waals surface area contributed by atoms with Crippen LogP contribution in [-0.2, 0) is 0 Å². The highest BCUT2D eigenvalue weighted by Crippen LogP contribution is 2.32. The summed E-state index contributed by atoms with van der Waals surface area (Å²) in [7, 11) is 1.82. The first kappa shape index (κ1) is 10.5. The van der Waals surface area contributed by atoms with Crippen molar-refractivity contribution >= 4 is 39.3 Å². The van der Waals surface area contributed by atoms with E-state index in [1.54, 1.807) is 23.7 Å². The van der Waals surface area contributed by atoms with E-state index in [1.807, 2.05) is 18.5 Å². The van der Waals surface area contributed by atoms with Crippen molar-refractivity contribution in [3.63, 3.8) is 0 Å². The van der Waals surface area contributed by atoms with Crippen LogP contribution in [-0.4, -0.2) is 27.0 Å². The number of hydrogen-bond acceptors (Lipinski definition) is 6. The molecule has 0 aliphatic rings. The van der Waals surface area contributed by atoms with Gasteiger partial charge in [-0.05, 0) is 23.2 Å². The predicted octanol–water partition coefficient (Wildman–Crippen LogP) is 2.61. The minimum Gasteiger partial charge on any atom is -0.357 e. The zero-order chi connectivity index (χ0) is 11.7. The first-order valence-corrected chi connectivity index (χ1v) is 6.66. The Morgan fingerprint density at radius 1 is 1.41 bits per heavy atom. The lowest BCUT2D eigenvalue weighted by Crippen LogP contribution is -1.97. The van der Waals surface area contributed by atoms with E-state index in [-0.39, 0.29) is 0 Å². The summed E-state index contributed by atoms with van der Waals surface area (Å²) in [6.07, 6.45) is 3.53. The number of fused-ring (bicyclic) bond motifs is 1. The third-order valence-electron chi connectivity index (χ3n) is 2.18. The molecular formula is C10H9N5S2. The van der Waals surface area contributed by atoms with E-state index in [2.05, 4.69) is 25.3 Å². The van der Waals surface area contributed by atoms with Gasteiger partial charge in [0.25, 0.3) is 0 Å². The van der Waals surface area contributed by atoms with E-state index in [0.29, 0.717) is 5.95 Å². The van der Waals surface area contributed by atoms with Crippen LogP contribution < -0.4 is 5.32 Å². The molecule has 7 heteroatoms. The average Bonchev–Trinajstić information content (AvgIpc) is 2.98. The smallest absolute Gasteiger partial charge is 0.224 e. The molecule has 2 N–H and O–H groups in total. The lowest BCUT2D eigenvalue weighted by molar-refractivity contribution is 1.04. The third kappa shape index (κ3) is 1.98. The second kappa shape index (κ2) is 4.34. The Hall–Kier alpha value is -1.60. The summed E-state index contributed by atoms with van der Waals surface area (Å²) in [6, 6.07) is 2.03. The van der Waals surface area contributed by atoms with Gasteiger partial charge in [0.1, 0.15) is 9.86 Å². The van der Waals surface area contributed by atoms with E-state index in [1.165, 1.54) is 11.8 Å². The van der Waals surface area contributed by atoms with Crippen molar-refractivity contribution in [3.05, 3.63) is 23.8 Å². The van der Waals surface area contributed by atoms with Crippen molar-refractivity contribution in [2.45, 2.75) is 10.2 Å². The van der Waals surface area contributed by atoms with Gasteiger partial charge in [-0.15, -0.1) is 11.3 Å². The van der Waals surface area contributed by atoms with Crippen molar-refractivity contribution < 1.29 is 0 Å². The van der Waals surface area contributed by atoms with Gasteiger partial charge in [-0.25, -0.2) is 15.0 Å². The lowest BCUT2D eigenvalue weighted by Gasteiger charge is -2.03. The van der Waals surface area contributed by atoms with Crippen molar-refractivity contribution in [3.8, 4) is 0 Å². The molecule has 0 unspecified atom stereocenters. The molecule has 86 valence electrons. The molecule has 3 aromatic heterocycles. The number of H-pyrrole nitrogens is 1. The van der Waals surface area contributed by atoms with Crippen LogP contribution in [0, 0.1) is 0 Å². The Kier molecular flexibility index (Phi) is 2.69. The highest BCUT2D eigenvalue weighted by molar-refractivity contribution is 7.99. The molecule has 3 heterocycles. The minimum absolute atomic E-state index is 0.633. The summed E-state index contributed by atoms with van der Waals surface area (Å²) in [5.74, 6) is 0.633. The molecule has 3 aromatic rings. The number of anilines is 1. The van der Waals surface area contributed by atoms with E-state index in [9.17, 15) is 0 Å². The van der Waals surface area contributed by atoms with Gasteiger partial charge in [-0.1, -0.05) is 0 Å². The topological polar surface area (TPSA) is 66.5 Å². The molecule has 3 rings (SSSR count). The number of nitrogens with one attached hydrogen (secondary N) is 2. The summed E-state index contributed by atoms with van der Waals surface area (Å²) in [5.41, 5.74) is 0. The highest BCUT2D eigenvalue weighted by atomic mass is 32.2. The Labute approximate surface area is 106 Å². The third-order valence-corrected chi connectivity index (χ3v) is 3.91. The van der Waals surface area contributed by atoms with Crippen molar-refractivity contribution in [2.75, 3.05) is 12.4 Å². The first-order chi connectivity index (χ1) is 8.36. The molecule has 0 radical (unpaired) electrons. The summed E-state index contributed by atoms with van der Waals surface area (Å²) in [6.45, 7) is 0. The van der Waals surface area contributed by atoms with Gasteiger partial charge in [0.05, 0.1) is 0 Å². The zero-order valence-corrected chi connectivity index (χ0v) is 10.6. The van der Waals surface area contributed by atoms with Gasteiger partial charge in [-0.3, -0.25) is 0 Å². The van der Waals surface area contributed by atoms with E-state index >= 15 is 0 Å². The lowest BCUT2D eigenvalue weighted by atomic mass is 10.4. The van der Waals surface area contributed by atoms with E-state index < -0.39 is 0 Å². The van der Waals surface area contributed by atoms with E-state index in [4.69, 9.17) is 0 Å². The van der Waals surface area contributed by atoms with Crippen LogP contribution in [0.25, 0.3) is 10.2 Å². The predicted molar refractivity (Wildman–Crippen MR) is 69.7 cm³/mol. The van der Waals surface area contributed by atoms with Crippen LogP contribution in [0.15, 0.2) is 34.0 Å². The zero-order valence-electron chi connectivity index (χ0n) is 8.97. The van der Waals surface area contributed by atoms with Crippen LogP contribution in [0.3, 0.4) is 0 Å². The Balaban J connectivity index is 2.10. The van der Waals surface area contributed by atoms with Gasteiger partial charge < -0.3 is 10.3 Å². The molecule has 0 aliphatic carbocycles. The Bertz CT molecular complexity index is 631. The Morgan fingerprint density at radius 3 is 3.12 bits per heavy atom. The van der Waals surface area contributed by atoms with Crippen LogP contribution in [0.5, 0.6) is 0 Å². The molecule has 0 saturated heterocycles. The molecule has 0 aliphatic heterocycles. The van der Waals surface area contributed by atoms with Crippen molar-refractivity contribution in [1.29, 1.82) is 0 Å². The van der Waals surface area contributed by atoms with Gasteiger partial charge in [0, 0.05) is 24.8 Å². The number of aromatic nitrogens is 4. The normalized spacial score (nSPS) is 10.9.